The van der Waals surface area contributed by atoms with Gasteiger partial charge in [0.05, 0.1) is 11.9 Å². The van der Waals surface area contributed by atoms with Gasteiger partial charge in [0.15, 0.2) is 0 Å². The topological polar surface area (TPSA) is 26.3 Å². The van der Waals surface area contributed by atoms with E-state index in [2.05, 4.69) is 31.9 Å². The van der Waals surface area contributed by atoms with Crippen LogP contribution in [0.5, 0.6) is 0 Å². The molecule has 0 aromatic carbocycles. The first-order chi connectivity index (χ1) is 4.76. The Hall–Kier alpha value is 0.170. The standard InChI is InChI=1S/C6H8Br2O2/c1-10-6(4-7)5(8)2-3-9/h3-5H,2H2,1H3/b6-4-. The predicted molar refractivity (Wildman–Crippen MR) is 47.4 cm³/mol. The second-order valence-electron chi connectivity index (χ2n) is 1.59. The van der Waals surface area contributed by atoms with Crippen LogP contribution < -0.4 is 0 Å². The molecule has 0 radical (unpaired) electrons. The summed E-state index contributed by atoms with van der Waals surface area (Å²) in [5, 5.41) is 0. The van der Waals surface area contributed by atoms with Gasteiger partial charge in [-0.2, -0.15) is 0 Å². The van der Waals surface area contributed by atoms with Gasteiger partial charge in [-0.15, -0.1) is 0 Å². The second-order valence-corrected chi connectivity index (χ2v) is 3.15. The molecule has 0 fully saturated rings. The number of allylic oxidation sites excluding steroid dienone is 1. The third-order valence-electron chi connectivity index (χ3n) is 0.955. The quantitative estimate of drug-likeness (QED) is 0.445. The average Bonchev–Trinajstić information content (AvgIpc) is 1.91. The van der Waals surface area contributed by atoms with Gasteiger partial charge in [0.2, 0.25) is 0 Å². The van der Waals surface area contributed by atoms with Crippen molar-refractivity contribution in [1.82, 2.24) is 0 Å². The molecule has 10 heavy (non-hydrogen) atoms. The van der Waals surface area contributed by atoms with Crippen LogP contribution >= 0.6 is 31.9 Å². The van der Waals surface area contributed by atoms with Crippen LogP contribution in [-0.4, -0.2) is 18.2 Å². The largest absolute Gasteiger partial charge is 0.499 e. The Labute approximate surface area is 76.9 Å². The lowest BCUT2D eigenvalue weighted by Gasteiger charge is -2.07. The van der Waals surface area contributed by atoms with E-state index in [9.17, 15) is 4.79 Å². The zero-order valence-electron chi connectivity index (χ0n) is 5.51. The Balaban J connectivity index is 3.89. The van der Waals surface area contributed by atoms with Gasteiger partial charge in [0.1, 0.15) is 12.0 Å². The molecule has 0 aliphatic carbocycles. The minimum atomic E-state index is -0.0191. The SMILES string of the molecule is CO/C(=C\Br)C(Br)CC=O. The Bertz CT molecular complexity index is 134. The van der Waals surface area contributed by atoms with Crippen LogP contribution in [0.15, 0.2) is 10.7 Å². The summed E-state index contributed by atoms with van der Waals surface area (Å²) in [4.78, 5) is 11.7. The molecule has 0 bridgehead atoms. The normalized spacial score (nSPS) is 14.5. The maximum absolute atomic E-state index is 10.0. The van der Waals surface area contributed by atoms with Crippen molar-refractivity contribution in [2.75, 3.05) is 7.11 Å². The maximum atomic E-state index is 10.0. The highest BCUT2D eigenvalue weighted by molar-refractivity contribution is 9.11. The van der Waals surface area contributed by atoms with Crippen LogP contribution in [0.2, 0.25) is 0 Å². The number of methoxy groups -OCH3 is 1. The smallest absolute Gasteiger partial charge is 0.121 e. The fourth-order valence-electron chi connectivity index (χ4n) is 0.441. The van der Waals surface area contributed by atoms with Crippen molar-refractivity contribution in [3.8, 4) is 0 Å². The lowest BCUT2D eigenvalue weighted by atomic mass is 10.3. The highest BCUT2D eigenvalue weighted by atomic mass is 79.9. The molecule has 2 nitrogen and oxygen atoms in total. The summed E-state index contributed by atoms with van der Waals surface area (Å²) in [7, 11) is 1.56. The minimum Gasteiger partial charge on any atom is -0.499 e. The second kappa shape index (κ2) is 5.92. The minimum absolute atomic E-state index is 0.0191. The van der Waals surface area contributed by atoms with E-state index in [1.165, 1.54) is 0 Å². The molecule has 0 N–H and O–H groups in total. The van der Waals surface area contributed by atoms with Gasteiger partial charge in [-0.25, -0.2) is 0 Å². The highest BCUT2D eigenvalue weighted by Gasteiger charge is 2.08. The molecule has 4 heteroatoms. The fraction of sp³-hybridized carbons (Fsp3) is 0.500. The number of hydrogen-bond donors (Lipinski definition) is 0. The van der Waals surface area contributed by atoms with Crippen LogP contribution in [0.1, 0.15) is 6.42 Å². The van der Waals surface area contributed by atoms with Crippen LogP contribution in [0.3, 0.4) is 0 Å². The number of halogens is 2. The molecule has 0 saturated carbocycles. The van der Waals surface area contributed by atoms with Crippen molar-refractivity contribution < 1.29 is 9.53 Å². The molecule has 0 aromatic heterocycles. The van der Waals surface area contributed by atoms with E-state index in [1.807, 2.05) is 0 Å². The molecule has 0 amide bonds. The zero-order chi connectivity index (χ0) is 7.98. The average molecular weight is 272 g/mol. The van der Waals surface area contributed by atoms with Crippen molar-refractivity contribution in [3.05, 3.63) is 10.7 Å². The molecular weight excluding hydrogens is 264 g/mol. The summed E-state index contributed by atoms with van der Waals surface area (Å²) in [5.74, 6) is 0.715. The van der Waals surface area contributed by atoms with Gasteiger partial charge in [0, 0.05) is 11.4 Å². The Morgan fingerprint density at radius 3 is 2.70 bits per heavy atom. The first-order valence-corrected chi connectivity index (χ1v) is 4.51. The van der Waals surface area contributed by atoms with Gasteiger partial charge in [-0.1, -0.05) is 31.9 Å². The predicted octanol–water partition coefficient (Wildman–Crippen LogP) is 2.22. The number of rotatable bonds is 4. The summed E-state index contributed by atoms with van der Waals surface area (Å²) >= 11 is 6.38. The number of ether oxygens (including phenoxy) is 1. The first kappa shape index (κ1) is 10.2. The van der Waals surface area contributed by atoms with Crippen molar-refractivity contribution in [3.63, 3.8) is 0 Å². The van der Waals surface area contributed by atoms with Crippen molar-refractivity contribution in [1.29, 1.82) is 0 Å². The Morgan fingerprint density at radius 1 is 1.80 bits per heavy atom. The van der Waals surface area contributed by atoms with Crippen molar-refractivity contribution >= 4 is 38.1 Å². The molecule has 1 atom stereocenters. The third-order valence-corrected chi connectivity index (χ3v) is 2.23. The molecule has 0 aliphatic heterocycles. The lowest BCUT2D eigenvalue weighted by molar-refractivity contribution is -0.107. The van der Waals surface area contributed by atoms with Crippen LogP contribution in [0.4, 0.5) is 0 Å². The number of aldehydes is 1. The molecule has 0 saturated heterocycles. The van der Waals surface area contributed by atoms with E-state index in [1.54, 1.807) is 12.1 Å². The third kappa shape index (κ3) is 3.37. The van der Waals surface area contributed by atoms with Crippen molar-refractivity contribution in [2.45, 2.75) is 11.2 Å². The Kier molecular flexibility index (Phi) is 6.02. The first-order valence-electron chi connectivity index (χ1n) is 2.68. The molecule has 0 rings (SSSR count). The summed E-state index contributed by atoms with van der Waals surface area (Å²) < 4.78 is 4.92. The molecule has 0 aliphatic rings. The number of alkyl halides is 1. The van der Waals surface area contributed by atoms with Gasteiger partial charge < -0.3 is 9.53 Å². The lowest BCUT2D eigenvalue weighted by Crippen LogP contribution is -2.04. The summed E-state index contributed by atoms with van der Waals surface area (Å²) in [5.41, 5.74) is 0. The van der Waals surface area contributed by atoms with E-state index in [0.29, 0.717) is 12.2 Å². The molecule has 0 heterocycles. The van der Waals surface area contributed by atoms with Gasteiger partial charge in [-0.05, 0) is 0 Å². The molecule has 0 aromatic rings. The van der Waals surface area contributed by atoms with Crippen LogP contribution in [0.25, 0.3) is 0 Å². The monoisotopic (exact) mass is 270 g/mol. The molecular formula is C6H8Br2O2. The van der Waals surface area contributed by atoms with Gasteiger partial charge >= 0.3 is 0 Å². The molecule has 0 spiro atoms. The van der Waals surface area contributed by atoms with Crippen LogP contribution in [-0.2, 0) is 9.53 Å². The van der Waals surface area contributed by atoms with Gasteiger partial charge in [-0.3, -0.25) is 0 Å². The summed E-state index contributed by atoms with van der Waals surface area (Å²) in [6.45, 7) is 0. The maximum Gasteiger partial charge on any atom is 0.121 e. The fourth-order valence-corrected chi connectivity index (χ4v) is 1.77. The van der Waals surface area contributed by atoms with Crippen molar-refractivity contribution in [2.24, 2.45) is 0 Å². The van der Waals surface area contributed by atoms with E-state index < -0.39 is 0 Å². The summed E-state index contributed by atoms with van der Waals surface area (Å²) in [6.07, 6.45) is 1.26. The summed E-state index contributed by atoms with van der Waals surface area (Å²) in [6, 6.07) is 0. The van der Waals surface area contributed by atoms with Crippen LogP contribution in [0, 0.1) is 0 Å². The Morgan fingerprint density at radius 2 is 2.40 bits per heavy atom. The van der Waals surface area contributed by atoms with Gasteiger partial charge in [0.25, 0.3) is 0 Å². The number of carbonyl (C=O) groups is 1. The highest BCUT2D eigenvalue weighted by Crippen LogP contribution is 2.16. The van der Waals surface area contributed by atoms with E-state index in [0.717, 1.165) is 6.29 Å². The van der Waals surface area contributed by atoms with E-state index in [4.69, 9.17) is 4.74 Å². The van der Waals surface area contributed by atoms with E-state index in [-0.39, 0.29) is 4.83 Å². The number of carbonyl (C=O) groups excluding carboxylic acids is 1. The number of hydrogen-bond acceptors (Lipinski definition) is 2. The molecule has 1 unspecified atom stereocenters. The van der Waals surface area contributed by atoms with E-state index >= 15 is 0 Å². The molecule has 58 valence electrons. The zero-order valence-corrected chi connectivity index (χ0v) is 8.68.